The molecule has 0 amide bonds. The first kappa shape index (κ1) is 27.8. The van der Waals surface area contributed by atoms with E-state index in [0.29, 0.717) is 35.0 Å². The lowest BCUT2D eigenvalue weighted by Gasteiger charge is -2.40. The molecule has 0 spiro atoms. The van der Waals surface area contributed by atoms with Gasteiger partial charge in [0, 0.05) is 18.0 Å². The van der Waals surface area contributed by atoms with E-state index in [2.05, 4.69) is 53.8 Å². The number of hydrogen-bond acceptors (Lipinski definition) is 5. The summed E-state index contributed by atoms with van der Waals surface area (Å²) < 4.78 is 52.5. The molecule has 0 radical (unpaired) electrons. The fraction of sp³-hybridized carbons (Fsp3) is 0.393. The van der Waals surface area contributed by atoms with Gasteiger partial charge in [-0.1, -0.05) is 56.6 Å². The molecular formula is C28H30ClF3N4O2Si. The van der Waals surface area contributed by atoms with Crippen molar-refractivity contribution in [2.45, 2.75) is 57.1 Å². The van der Waals surface area contributed by atoms with E-state index >= 15 is 0 Å². The molecule has 6 nitrogen and oxygen atoms in total. The van der Waals surface area contributed by atoms with Crippen molar-refractivity contribution in [1.82, 2.24) is 19.9 Å². The number of aromatic nitrogens is 4. The lowest BCUT2D eigenvalue weighted by Crippen LogP contribution is -2.48. The summed E-state index contributed by atoms with van der Waals surface area (Å²) in [5, 5.41) is 0.435. The molecule has 4 heterocycles. The van der Waals surface area contributed by atoms with Crippen LogP contribution in [0.4, 0.5) is 13.2 Å². The highest BCUT2D eigenvalue weighted by atomic mass is 35.5. The average Bonchev–Trinajstić information content (AvgIpc) is 3.24. The zero-order chi connectivity index (χ0) is 28.2. The Bertz CT molecular complexity index is 1510. The molecule has 0 atom stereocenters. The molecular weight excluding hydrogens is 545 g/mol. The number of alkyl halides is 3. The Balaban J connectivity index is 1.49. The van der Waals surface area contributed by atoms with Gasteiger partial charge in [0.1, 0.15) is 11.5 Å². The van der Waals surface area contributed by atoms with Gasteiger partial charge in [-0.05, 0) is 47.0 Å². The third-order valence-electron chi connectivity index (χ3n) is 7.88. The number of nitrogens with zero attached hydrogens (tertiary/aromatic N) is 3. The van der Waals surface area contributed by atoms with Crippen molar-refractivity contribution in [2.75, 3.05) is 13.2 Å². The summed E-state index contributed by atoms with van der Waals surface area (Å²) in [4.78, 5) is 16.0. The SMILES string of the molecule is CC(C)(C)[Si](C)(C)OCc1cc(C(F)(F)F)ncc1-c1ccc(C2(c3nc4ncc(Cl)cc4[nH]3)COC2)cc1. The highest BCUT2D eigenvalue weighted by Crippen LogP contribution is 2.41. The highest BCUT2D eigenvalue weighted by Gasteiger charge is 2.45. The number of pyridine rings is 2. The minimum atomic E-state index is -4.55. The van der Waals surface area contributed by atoms with E-state index in [4.69, 9.17) is 20.8 Å². The number of nitrogens with one attached hydrogen (secondary N) is 1. The summed E-state index contributed by atoms with van der Waals surface area (Å²) >= 11 is 6.09. The molecule has 1 N–H and O–H groups in total. The first-order chi connectivity index (χ1) is 18.2. The number of ether oxygens (including phenoxy) is 1. The van der Waals surface area contributed by atoms with Crippen molar-refractivity contribution in [3.63, 3.8) is 0 Å². The molecule has 0 bridgehead atoms. The topological polar surface area (TPSA) is 72.9 Å². The van der Waals surface area contributed by atoms with E-state index < -0.39 is 25.6 Å². The van der Waals surface area contributed by atoms with Gasteiger partial charge in [0.05, 0.1) is 35.8 Å². The second-order valence-electron chi connectivity index (χ2n) is 11.5. The first-order valence-electron chi connectivity index (χ1n) is 12.6. The maximum absolute atomic E-state index is 13.5. The van der Waals surface area contributed by atoms with Gasteiger partial charge >= 0.3 is 6.18 Å². The molecule has 1 aromatic carbocycles. The Morgan fingerprint density at radius 1 is 1.05 bits per heavy atom. The molecule has 1 aliphatic heterocycles. The minimum Gasteiger partial charge on any atom is -0.413 e. The molecule has 1 aliphatic rings. The zero-order valence-corrected chi connectivity index (χ0v) is 24.2. The van der Waals surface area contributed by atoms with Crippen LogP contribution in [0.3, 0.4) is 0 Å². The minimum absolute atomic E-state index is 0.0749. The summed E-state index contributed by atoms with van der Waals surface area (Å²) in [6.45, 7) is 11.4. The van der Waals surface area contributed by atoms with Crippen molar-refractivity contribution < 1.29 is 22.3 Å². The monoisotopic (exact) mass is 574 g/mol. The van der Waals surface area contributed by atoms with Crippen molar-refractivity contribution in [3.05, 3.63) is 76.5 Å². The normalized spacial score (nSPS) is 15.9. The molecule has 1 saturated heterocycles. The maximum atomic E-state index is 13.5. The van der Waals surface area contributed by atoms with Crippen molar-refractivity contribution in [1.29, 1.82) is 0 Å². The molecule has 1 fully saturated rings. The van der Waals surface area contributed by atoms with Crippen LogP contribution < -0.4 is 0 Å². The molecule has 206 valence electrons. The molecule has 5 rings (SSSR count). The van der Waals surface area contributed by atoms with Gasteiger partial charge in [-0.3, -0.25) is 4.98 Å². The Labute approximate surface area is 231 Å². The third kappa shape index (κ3) is 5.22. The number of H-pyrrole nitrogens is 1. The van der Waals surface area contributed by atoms with Gasteiger partial charge in [-0.2, -0.15) is 13.2 Å². The molecule has 39 heavy (non-hydrogen) atoms. The van der Waals surface area contributed by atoms with Gasteiger partial charge in [-0.15, -0.1) is 0 Å². The lowest BCUT2D eigenvalue weighted by atomic mass is 9.77. The molecule has 3 aromatic heterocycles. The van der Waals surface area contributed by atoms with Crippen molar-refractivity contribution in [2.24, 2.45) is 0 Å². The lowest BCUT2D eigenvalue weighted by molar-refractivity contribution is -0.141. The van der Waals surface area contributed by atoms with Gasteiger partial charge in [-0.25, -0.2) is 9.97 Å². The van der Waals surface area contributed by atoms with Gasteiger partial charge in [0.15, 0.2) is 14.0 Å². The first-order valence-corrected chi connectivity index (χ1v) is 15.9. The van der Waals surface area contributed by atoms with Crippen LogP contribution in [0.2, 0.25) is 23.2 Å². The van der Waals surface area contributed by atoms with Gasteiger partial charge in [0.25, 0.3) is 0 Å². The van der Waals surface area contributed by atoms with Crippen LogP contribution in [-0.2, 0) is 27.4 Å². The fourth-order valence-electron chi connectivity index (χ4n) is 4.32. The largest absolute Gasteiger partial charge is 0.433 e. The number of imidazole rings is 1. The maximum Gasteiger partial charge on any atom is 0.433 e. The van der Waals surface area contributed by atoms with Crippen LogP contribution >= 0.6 is 11.6 Å². The van der Waals surface area contributed by atoms with E-state index in [-0.39, 0.29) is 11.6 Å². The standard InChI is InChI=1S/C28H30ClF3N4O2Si/c1-26(2,3)39(4,5)38-14-18-10-23(28(30,31)32)33-13-21(18)17-6-8-19(9-7-17)27(15-37-16-27)25-35-22-11-20(29)12-34-24(22)36-25/h6-13H,14-16H2,1-5H3,(H,34,35,36). The Kier molecular flexibility index (Phi) is 6.90. The summed E-state index contributed by atoms with van der Waals surface area (Å²) in [6.07, 6.45) is -1.70. The van der Waals surface area contributed by atoms with Crippen LogP contribution in [0.15, 0.2) is 48.8 Å². The van der Waals surface area contributed by atoms with E-state index in [9.17, 15) is 13.2 Å². The second-order valence-corrected chi connectivity index (χ2v) is 16.8. The smallest absolute Gasteiger partial charge is 0.413 e. The average molecular weight is 575 g/mol. The van der Waals surface area contributed by atoms with Crippen LogP contribution in [-0.4, -0.2) is 41.5 Å². The quantitative estimate of drug-likeness (QED) is 0.241. The number of aromatic amines is 1. The van der Waals surface area contributed by atoms with Crippen LogP contribution in [0.1, 0.15) is 43.4 Å². The summed E-state index contributed by atoms with van der Waals surface area (Å²) in [5.41, 5.74) is 2.68. The zero-order valence-electron chi connectivity index (χ0n) is 22.4. The number of fused-ring (bicyclic) bond motifs is 1. The van der Waals surface area contributed by atoms with Crippen LogP contribution in [0.25, 0.3) is 22.3 Å². The van der Waals surface area contributed by atoms with Gasteiger partial charge < -0.3 is 14.1 Å². The molecule has 0 aliphatic carbocycles. The number of rotatable bonds is 6. The van der Waals surface area contributed by atoms with Crippen molar-refractivity contribution in [3.8, 4) is 11.1 Å². The molecule has 0 unspecified atom stereocenters. The fourth-order valence-corrected chi connectivity index (χ4v) is 5.43. The van der Waals surface area contributed by atoms with Crippen LogP contribution in [0.5, 0.6) is 0 Å². The molecule has 11 heteroatoms. The predicted octanol–water partition coefficient (Wildman–Crippen LogP) is 7.53. The third-order valence-corrected chi connectivity index (χ3v) is 12.6. The molecule has 0 saturated carbocycles. The number of hydrogen-bond donors (Lipinski definition) is 1. The Morgan fingerprint density at radius 2 is 1.74 bits per heavy atom. The van der Waals surface area contributed by atoms with E-state index in [1.165, 1.54) is 6.20 Å². The van der Waals surface area contributed by atoms with E-state index in [0.717, 1.165) is 28.5 Å². The number of halogens is 4. The Morgan fingerprint density at radius 3 is 2.33 bits per heavy atom. The summed E-state index contributed by atoms with van der Waals surface area (Å²) in [5.74, 6) is 0.728. The van der Waals surface area contributed by atoms with E-state index in [1.54, 1.807) is 12.3 Å². The Hall–Kier alpha value is -2.79. The van der Waals surface area contributed by atoms with Gasteiger partial charge in [0.2, 0.25) is 0 Å². The number of benzene rings is 1. The van der Waals surface area contributed by atoms with E-state index in [1.807, 2.05) is 24.3 Å². The summed E-state index contributed by atoms with van der Waals surface area (Å²) in [6, 6.07) is 10.6. The second kappa shape index (κ2) is 9.69. The van der Waals surface area contributed by atoms with Crippen molar-refractivity contribution >= 4 is 31.1 Å². The summed E-state index contributed by atoms with van der Waals surface area (Å²) in [7, 11) is -2.20. The predicted molar refractivity (Wildman–Crippen MR) is 147 cm³/mol. The highest BCUT2D eigenvalue weighted by molar-refractivity contribution is 6.74. The molecule has 4 aromatic rings. The van der Waals surface area contributed by atoms with Crippen LogP contribution in [0, 0.1) is 0 Å².